The maximum absolute atomic E-state index is 13.0. The minimum Gasteiger partial charge on any atom is -0.354 e. The number of thioether (sulfide) groups is 1. The Labute approximate surface area is 189 Å². The van der Waals surface area contributed by atoms with Gasteiger partial charge in [-0.05, 0) is 61.8 Å². The largest absolute Gasteiger partial charge is 0.354 e. The fraction of sp³-hybridized carbons (Fsp3) is 0.417. The second-order valence-electron chi connectivity index (χ2n) is 7.20. The smallest absolute Gasteiger partial charge is 0.242 e. The summed E-state index contributed by atoms with van der Waals surface area (Å²) in [6.45, 7) is 4.99. The van der Waals surface area contributed by atoms with E-state index in [0.717, 1.165) is 40.5 Å². The van der Waals surface area contributed by atoms with E-state index < -0.39 is 6.04 Å². The molecular formula is C24H31ClN2O2S. The SMILES string of the molecule is CCCNC(=O)C(C)N(CCc1ccccc1)C(=O)CCCSc1ccc(Cl)cc1. The molecule has 0 aliphatic rings. The fourth-order valence-corrected chi connectivity index (χ4v) is 4.03. The van der Waals surface area contributed by atoms with Gasteiger partial charge in [0.15, 0.2) is 0 Å². The lowest BCUT2D eigenvalue weighted by Gasteiger charge is -2.29. The summed E-state index contributed by atoms with van der Waals surface area (Å²) < 4.78 is 0. The van der Waals surface area contributed by atoms with Crippen LogP contribution in [0, 0.1) is 0 Å². The van der Waals surface area contributed by atoms with Gasteiger partial charge in [0.2, 0.25) is 11.8 Å². The third kappa shape index (κ3) is 8.41. The number of hydrogen-bond acceptors (Lipinski definition) is 3. The molecule has 0 saturated heterocycles. The third-order valence-electron chi connectivity index (χ3n) is 4.82. The monoisotopic (exact) mass is 446 g/mol. The van der Waals surface area contributed by atoms with E-state index in [1.165, 1.54) is 0 Å². The van der Waals surface area contributed by atoms with Crippen molar-refractivity contribution < 1.29 is 9.59 Å². The molecule has 0 fully saturated rings. The zero-order chi connectivity index (χ0) is 21.8. The van der Waals surface area contributed by atoms with Crippen molar-refractivity contribution in [2.24, 2.45) is 0 Å². The van der Waals surface area contributed by atoms with Gasteiger partial charge >= 0.3 is 0 Å². The Balaban J connectivity index is 1.90. The minimum absolute atomic E-state index is 0.0294. The van der Waals surface area contributed by atoms with E-state index in [4.69, 9.17) is 11.6 Å². The molecule has 1 atom stereocenters. The molecule has 2 rings (SSSR count). The highest BCUT2D eigenvalue weighted by Crippen LogP contribution is 2.21. The summed E-state index contributed by atoms with van der Waals surface area (Å²) in [5, 5.41) is 3.63. The summed E-state index contributed by atoms with van der Waals surface area (Å²) >= 11 is 7.63. The van der Waals surface area contributed by atoms with Crippen LogP contribution in [0.1, 0.15) is 38.7 Å². The standard InChI is InChI=1S/C24H31ClN2O2S/c1-3-16-26-24(29)19(2)27(17-15-20-8-5-4-6-9-20)23(28)10-7-18-30-22-13-11-21(25)12-14-22/h4-6,8-9,11-14,19H,3,7,10,15-18H2,1-2H3,(H,26,29). The highest BCUT2D eigenvalue weighted by Gasteiger charge is 2.25. The molecule has 0 spiro atoms. The van der Waals surface area contributed by atoms with Gasteiger partial charge in [0.25, 0.3) is 0 Å². The molecule has 0 bridgehead atoms. The molecule has 1 unspecified atom stereocenters. The molecule has 0 heterocycles. The summed E-state index contributed by atoms with van der Waals surface area (Å²) in [6, 6.07) is 17.3. The number of benzene rings is 2. The number of nitrogens with zero attached hydrogens (tertiary/aromatic N) is 1. The molecule has 0 radical (unpaired) electrons. The molecule has 2 amide bonds. The number of rotatable bonds is 12. The van der Waals surface area contributed by atoms with Crippen LogP contribution in [0.4, 0.5) is 0 Å². The number of carbonyl (C=O) groups is 2. The van der Waals surface area contributed by atoms with Crippen molar-refractivity contribution in [3.05, 3.63) is 65.2 Å². The van der Waals surface area contributed by atoms with Gasteiger partial charge in [0.1, 0.15) is 6.04 Å². The van der Waals surface area contributed by atoms with Gasteiger partial charge in [0.05, 0.1) is 0 Å². The molecule has 0 aromatic heterocycles. The van der Waals surface area contributed by atoms with Crippen LogP contribution < -0.4 is 5.32 Å². The lowest BCUT2D eigenvalue weighted by molar-refractivity contribution is -0.139. The van der Waals surface area contributed by atoms with Crippen LogP contribution in [-0.2, 0) is 16.0 Å². The van der Waals surface area contributed by atoms with E-state index in [0.29, 0.717) is 19.5 Å². The van der Waals surface area contributed by atoms with E-state index in [1.54, 1.807) is 16.7 Å². The highest BCUT2D eigenvalue weighted by atomic mass is 35.5. The van der Waals surface area contributed by atoms with Crippen LogP contribution in [0.3, 0.4) is 0 Å². The molecule has 0 aliphatic carbocycles. The molecule has 2 aromatic carbocycles. The van der Waals surface area contributed by atoms with E-state index in [1.807, 2.05) is 68.4 Å². The number of carbonyl (C=O) groups excluding carboxylic acids is 2. The van der Waals surface area contributed by atoms with Crippen molar-refractivity contribution in [3.8, 4) is 0 Å². The lowest BCUT2D eigenvalue weighted by Crippen LogP contribution is -2.48. The fourth-order valence-electron chi connectivity index (χ4n) is 3.05. The Morgan fingerprint density at radius 2 is 1.80 bits per heavy atom. The van der Waals surface area contributed by atoms with Crippen molar-refractivity contribution >= 4 is 35.2 Å². The van der Waals surface area contributed by atoms with Gasteiger partial charge in [-0.25, -0.2) is 0 Å². The zero-order valence-corrected chi connectivity index (χ0v) is 19.3. The highest BCUT2D eigenvalue weighted by molar-refractivity contribution is 7.99. The van der Waals surface area contributed by atoms with Crippen molar-refractivity contribution in [1.29, 1.82) is 0 Å². The Bertz CT molecular complexity index is 784. The number of halogens is 1. The van der Waals surface area contributed by atoms with Crippen LogP contribution in [0.15, 0.2) is 59.5 Å². The predicted molar refractivity (Wildman–Crippen MR) is 126 cm³/mol. The van der Waals surface area contributed by atoms with Crippen molar-refractivity contribution in [3.63, 3.8) is 0 Å². The van der Waals surface area contributed by atoms with Gasteiger partial charge in [0, 0.05) is 29.4 Å². The number of amides is 2. The molecule has 0 aliphatic heterocycles. The van der Waals surface area contributed by atoms with Crippen LogP contribution in [-0.4, -0.2) is 41.6 Å². The van der Waals surface area contributed by atoms with E-state index >= 15 is 0 Å². The first-order valence-electron chi connectivity index (χ1n) is 10.5. The maximum atomic E-state index is 13.0. The Hall–Kier alpha value is -1.98. The molecule has 4 nitrogen and oxygen atoms in total. The Morgan fingerprint density at radius 3 is 2.47 bits per heavy atom. The van der Waals surface area contributed by atoms with Crippen LogP contribution >= 0.6 is 23.4 Å². The average Bonchev–Trinajstić information content (AvgIpc) is 2.77. The summed E-state index contributed by atoms with van der Waals surface area (Å²) in [5.74, 6) is 0.784. The van der Waals surface area contributed by atoms with E-state index in [-0.39, 0.29) is 11.8 Å². The van der Waals surface area contributed by atoms with Gasteiger partial charge in [-0.3, -0.25) is 9.59 Å². The first kappa shape index (κ1) is 24.3. The molecule has 162 valence electrons. The lowest BCUT2D eigenvalue weighted by atomic mass is 10.1. The number of hydrogen-bond donors (Lipinski definition) is 1. The predicted octanol–water partition coefficient (Wildman–Crippen LogP) is 5.20. The molecule has 30 heavy (non-hydrogen) atoms. The van der Waals surface area contributed by atoms with Crippen molar-refractivity contribution in [2.75, 3.05) is 18.8 Å². The third-order valence-corrected chi connectivity index (χ3v) is 6.17. The van der Waals surface area contributed by atoms with E-state index in [9.17, 15) is 9.59 Å². The summed E-state index contributed by atoms with van der Waals surface area (Å²) in [6.07, 6.45) is 2.80. The molecular weight excluding hydrogens is 416 g/mol. The van der Waals surface area contributed by atoms with Gasteiger partial charge in [-0.1, -0.05) is 48.9 Å². The number of nitrogens with one attached hydrogen (secondary N) is 1. The second-order valence-corrected chi connectivity index (χ2v) is 8.80. The van der Waals surface area contributed by atoms with E-state index in [2.05, 4.69) is 5.32 Å². The Kier molecular flexibility index (Phi) is 10.8. The average molecular weight is 447 g/mol. The summed E-state index contributed by atoms with van der Waals surface area (Å²) in [5.41, 5.74) is 1.16. The molecule has 6 heteroatoms. The van der Waals surface area contributed by atoms with Crippen molar-refractivity contribution in [2.45, 2.75) is 50.5 Å². The normalized spacial score (nSPS) is 11.7. The second kappa shape index (κ2) is 13.3. The molecule has 2 aromatic rings. The minimum atomic E-state index is -0.475. The topological polar surface area (TPSA) is 49.4 Å². The molecule has 0 saturated carbocycles. The zero-order valence-electron chi connectivity index (χ0n) is 17.8. The van der Waals surface area contributed by atoms with Crippen LogP contribution in [0.25, 0.3) is 0 Å². The first-order valence-corrected chi connectivity index (χ1v) is 11.9. The van der Waals surface area contributed by atoms with Crippen LogP contribution in [0.5, 0.6) is 0 Å². The maximum Gasteiger partial charge on any atom is 0.242 e. The van der Waals surface area contributed by atoms with Crippen LogP contribution in [0.2, 0.25) is 5.02 Å². The first-order chi connectivity index (χ1) is 14.5. The quantitative estimate of drug-likeness (QED) is 0.360. The summed E-state index contributed by atoms with van der Waals surface area (Å²) in [7, 11) is 0. The van der Waals surface area contributed by atoms with Gasteiger partial charge < -0.3 is 10.2 Å². The molecule has 1 N–H and O–H groups in total. The summed E-state index contributed by atoms with van der Waals surface area (Å²) in [4.78, 5) is 28.3. The Morgan fingerprint density at radius 1 is 1.10 bits per heavy atom. The van der Waals surface area contributed by atoms with Gasteiger partial charge in [-0.15, -0.1) is 11.8 Å². The van der Waals surface area contributed by atoms with Crippen molar-refractivity contribution in [1.82, 2.24) is 10.2 Å². The van der Waals surface area contributed by atoms with Gasteiger partial charge in [-0.2, -0.15) is 0 Å².